The highest BCUT2D eigenvalue weighted by molar-refractivity contribution is 5.87. The van der Waals surface area contributed by atoms with E-state index in [2.05, 4.69) is 0 Å². The summed E-state index contributed by atoms with van der Waals surface area (Å²) in [5, 5.41) is 62.2. The number of phenols is 3. The molecule has 38 heavy (non-hydrogen) atoms. The van der Waals surface area contributed by atoms with Gasteiger partial charge in [0.1, 0.15) is 51.9 Å². The number of aliphatic hydroxyl groups is 3. The van der Waals surface area contributed by atoms with Crippen LogP contribution >= 0.6 is 0 Å². The van der Waals surface area contributed by atoms with Crippen LogP contribution < -0.4 is 15.9 Å². The van der Waals surface area contributed by atoms with Crippen molar-refractivity contribution in [2.24, 2.45) is 0 Å². The molecule has 4 aromatic rings. The van der Waals surface area contributed by atoms with Gasteiger partial charge in [-0.1, -0.05) is 12.1 Å². The van der Waals surface area contributed by atoms with Crippen molar-refractivity contribution in [3.63, 3.8) is 0 Å². The number of benzene rings is 3. The molecule has 198 valence electrons. The average molecular weight is 522 g/mol. The van der Waals surface area contributed by atoms with Gasteiger partial charge in [-0.2, -0.15) is 0 Å². The molecule has 0 saturated heterocycles. The first-order chi connectivity index (χ1) is 18.1. The van der Waals surface area contributed by atoms with E-state index in [0.717, 1.165) is 17.7 Å². The van der Waals surface area contributed by atoms with Crippen LogP contribution in [0.25, 0.3) is 11.0 Å². The predicted octanol–water partition coefficient (Wildman–Crippen LogP) is 2.23. The van der Waals surface area contributed by atoms with Crippen molar-refractivity contribution in [3.8, 4) is 23.0 Å². The van der Waals surface area contributed by atoms with Gasteiger partial charge >= 0.3 is 0 Å². The minimum Gasteiger partial charge on any atom is -0.508 e. The van der Waals surface area contributed by atoms with E-state index in [1.165, 1.54) is 18.2 Å². The highest BCUT2D eigenvalue weighted by atomic mass is 16.5. The molecule has 5 rings (SSSR count). The van der Waals surface area contributed by atoms with Crippen LogP contribution in [0, 0.1) is 0 Å². The third-order valence-electron chi connectivity index (χ3n) is 6.99. The fraction of sp³-hybridized carbons (Fsp3) is 0.250. The summed E-state index contributed by atoms with van der Waals surface area (Å²) >= 11 is 0. The number of rotatable bonds is 6. The monoisotopic (exact) mass is 521 g/mol. The fourth-order valence-corrected chi connectivity index (χ4v) is 4.84. The van der Waals surface area contributed by atoms with Gasteiger partial charge in [-0.05, 0) is 48.2 Å². The maximum absolute atomic E-state index is 12.9. The molecular weight excluding hydrogens is 494 g/mol. The zero-order valence-corrected chi connectivity index (χ0v) is 20.2. The second-order valence-electron chi connectivity index (χ2n) is 9.56. The topological polar surface area (TPSA) is 187 Å². The zero-order valence-electron chi connectivity index (χ0n) is 20.2. The minimum absolute atomic E-state index is 0.0773. The normalized spacial score (nSPS) is 19.6. The first kappa shape index (κ1) is 25.4. The van der Waals surface area contributed by atoms with Crippen molar-refractivity contribution in [1.29, 1.82) is 0 Å². The Labute approximate surface area is 216 Å². The van der Waals surface area contributed by atoms with Gasteiger partial charge in [0.05, 0.1) is 6.61 Å². The number of anilines is 1. The van der Waals surface area contributed by atoms with E-state index in [4.69, 9.17) is 14.9 Å². The predicted molar refractivity (Wildman–Crippen MR) is 137 cm³/mol. The Balaban J connectivity index is 1.53. The highest BCUT2D eigenvalue weighted by Gasteiger charge is 2.45. The van der Waals surface area contributed by atoms with E-state index in [0.29, 0.717) is 12.1 Å². The van der Waals surface area contributed by atoms with E-state index in [9.17, 15) is 35.4 Å². The summed E-state index contributed by atoms with van der Waals surface area (Å²) in [6.07, 6.45) is -2.05. The molecule has 1 aliphatic rings. The minimum atomic E-state index is -1.51. The number of aliphatic hydroxyl groups excluding tert-OH is 3. The number of nitrogens with two attached hydrogens (primary N) is 1. The third-order valence-corrected chi connectivity index (χ3v) is 6.99. The quantitative estimate of drug-likeness (QED) is 0.185. The van der Waals surface area contributed by atoms with Crippen LogP contribution in [0.5, 0.6) is 23.0 Å². The lowest BCUT2D eigenvalue weighted by Gasteiger charge is -2.41. The van der Waals surface area contributed by atoms with Gasteiger partial charge in [0.15, 0.2) is 11.0 Å². The van der Waals surface area contributed by atoms with Gasteiger partial charge in [0.25, 0.3) is 0 Å². The Morgan fingerprint density at radius 3 is 2.37 bits per heavy atom. The Morgan fingerprint density at radius 1 is 1.03 bits per heavy atom. The highest BCUT2D eigenvalue weighted by Crippen LogP contribution is 2.44. The van der Waals surface area contributed by atoms with E-state index < -0.39 is 35.6 Å². The third kappa shape index (κ3) is 4.49. The SMILES string of the molecule is Nc1ccc(CC[C@@]2(CO)Oc3cc4oc([C@H](O)c5cc(O)cc(O)c5)cc(=O)c4c(O)c3C[C@H]2O)cc1. The summed E-state index contributed by atoms with van der Waals surface area (Å²) in [6.45, 7) is -0.509. The molecule has 3 aromatic carbocycles. The molecule has 0 amide bonds. The maximum atomic E-state index is 12.9. The number of hydrogen-bond donors (Lipinski definition) is 7. The van der Waals surface area contributed by atoms with E-state index in [1.807, 2.05) is 12.1 Å². The lowest BCUT2D eigenvalue weighted by Crippen LogP contribution is -2.54. The molecule has 0 radical (unpaired) electrons. The number of ether oxygens (including phenoxy) is 1. The summed E-state index contributed by atoms with van der Waals surface area (Å²) in [6, 6.07) is 13.1. The molecule has 10 heteroatoms. The number of nitrogen functional groups attached to an aromatic ring is 1. The van der Waals surface area contributed by atoms with Crippen LogP contribution in [0.4, 0.5) is 5.69 Å². The van der Waals surface area contributed by atoms with Crippen molar-refractivity contribution in [2.45, 2.75) is 37.1 Å². The summed E-state index contributed by atoms with van der Waals surface area (Å²) in [5.74, 6) is -1.08. The fourth-order valence-electron chi connectivity index (χ4n) is 4.84. The van der Waals surface area contributed by atoms with Crippen molar-refractivity contribution in [1.82, 2.24) is 0 Å². The summed E-state index contributed by atoms with van der Waals surface area (Å²) < 4.78 is 11.9. The van der Waals surface area contributed by atoms with Gasteiger partial charge in [-0.15, -0.1) is 0 Å². The molecule has 0 unspecified atom stereocenters. The molecule has 0 aliphatic carbocycles. The number of aromatic hydroxyl groups is 3. The van der Waals surface area contributed by atoms with E-state index in [-0.39, 0.29) is 57.9 Å². The van der Waals surface area contributed by atoms with Crippen LogP contribution in [0.3, 0.4) is 0 Å². The van der Waals surface area contributed by atoms with Crippen LogP contribution in [-0.4, -0.2) is 49.0 Å². The Kier molecular flexibility index (Phi) is 6.39. The standard InChI is InChI=1S/C28H27NO9/c29-16-3-1-14(2-4-16)5-6-28(13-30)24(34)10-19-21(38-28)12-22-25(27(19)36)20(33)11-23(37-22)26(35)15-7-17(31)9-18(32)8-15/h1-4,7-9,11-12,24,26,30-32,34-36H,5-6,10,13,29H2/t24-,26-,28+/m1/s1. The van der Waals surface area contributed by atoms with Gasteiger partial charge in [-0.3, -0.25) is 4.79 Å². The van der Waals surface area contributed by atoms with Crippen molar-refractivity contribution < 1.29 is 39.8 Å². The maximum Gasteiger partial charge on any atom is 0.196 e. The number of fused-ring (bicyclic) bond motifs is 2. The molecule has 3 atom stereocenters. The van der Waals surface area contributed by atoms with Gasteiger partial charge < -0.3 is 45.5 Å². The Hall–Kier alpha value is -4.25. The molecule has 0 bridgehead atoms. The summed E-state index contributed by atoms with van der Waals surface area (Å²) in [7, 11) is 0. The molecule has 1 aromatic heterocycles. The summed E-state index contributed by atoms with van der Waals surface area (Å²) in [5.41, 5.74) is 5.43. The van der Waals surface area contributed by atoms with Crippen LogP contribution in [0.2, 0.25) is 0 Å². The Bertz CT molecular complexity index is 1540. The van der Waals surface area contributed by atoms with Crippen molar-refractivity contribution in [2.75, 3.05) is 12.3 Å². The van der Waals surface area contributed by atoms with Crippen LogP contribution in [0.1, 0.15) is 35.0 Å². The number of hydrogen-bond acceptors (Lipinski definition) is 10. The smallest absolute Gasteiger partial charge is 0.196 e. The molecule has 10 nitrogen and oxygen atoms in total. The van der Waals surface area contributed by atoms with E-state index >= 15 is 0 Å². The second-order valence-corrected chi connectivity index (χ2v) is 9.56. The molecule has 2 heterocycles. The molecule has 0 fully saturated rings. The molecule has 0 spiro atoms. The number of phenolic OH excluding ortho intramolecular Hbond substituents is 3. The van der Waals surface area contributed by atoms with Crippen molar-refractivity contribution >= 4 is 16.7 Å². The van der Waals surface area contributed by atoms with Gasteiger partial charge in [0, 0.05) is 35.9 Å². The Morgan fingerprint density at radius 2 is 1.71 bits per heavy atom. The molecule has 0 saturated carbocycles. The molecule has 1 aliphatic heterocycles. The largest absolute Gasteiger partial charge is 0.508 e. The van der Waals surface area contributed by atoms with E-state index in [1.54, 1.807) is 12.1 Å². The van der Waals surface area contributed by atoms with Crippen LogP contribution in [-0.2, 0) is 12.8 Å². The first-order valence-corrected chi connectivity index (χ1v) is 12.0. The van der Waals surface area contributed by atoms with Gasteiger partial charge in [0.2, 0.25) is 0 Å². The van der Waals surface area contributed by atoms with Crippen LogP contribution in [0.15, 0.2) is 63.8 Å². The molecule has 8 N–H and O–H groups in total. The molecular formula is C28H27NO9. The average Bonchev–Trinajstić information content (AvgIpc) is 2.87. The zero-order chi connectivity index (χ0) is 27.2. The summed E-state index contributed by atoms with van der Waals surface area (Å²) in [4.78, 5) is 12.9. The van der Waals surface area contributed by atoms with Crippen molar-refractivity contribution in [3.05, 3.63) is 87.3 Å². The lowest BCUT2D eigenvalue weighted by molar-refractivity contribution is -0.101. The van der Waals surface area contributed by atoms with Gasteiger partial charge in [-0.25, -0.2) is 0 Å². The first-order valence-electron chi connectivity index (χ1n) is 12.0. The second kappa shape index (κ2) is 9.56. The number of aryl methyl sites for hydroxylation is 1. The lowest BCUT2D eigenvalue weighted by atomic mass is 9.83.